The Morgan fingerprint density at radius 2 is 1.61 bits per heavy atom. The maximum Gasteiger partial charge on any atom is 0.108 e. The van der Waals surface area contributed by atoms with E-state index in [0.29, 0.717) is 6.54 Å². The third kappa shape index (κ3) is 4.41. The predicted octanol–water partition coefficient (Wildman–Crippen LogP) is 3.22. The van der Waals surface area contributed by atoms with Crippen LogP contribution < -0.4 is 5.73 Å². The summed E-state index contributed by atoms with van der Waals surface area (Å²) in [7, 11) is 0. The molecule has 0 aromatic heterocycles. The summed E-state index contributed by atoms with van der Waals surface area (Å²) in [6.07, 6.45) is 2.57. The number of piperidine rings is 1. The van der Waals surface area contributed by atoms with Crippen LogP contribution in [0.4, 0.5) is 0 Å². The van der Waals surface area contributed by atoms with E-state index >= 15 is 0 Å². The second-order valence-electron chi connectivity index (χ2n) is 6.19. The van der Waals surface area contributed by atoms with E-state index in [-0.39, 0.29) is 12.2 Å². The van der Waals surface area contributed by atoms with Gasteiger partial charge < -0.3 is 10.5 Å². The molecular formula is C20H26N2O. The van der Waals surface area contributed by atoms with Crippen molar-refractivity contribution in [2.45, 2.75) is 25.0 Å². The molecule has 0 bridgehead atoms. The van der Waals surface area contributed by atoms with Crippen molar-refractivity contribution >= 4 is 0 Å². The Hall–Kier alpha value is -1.68. The molecule has 2 aromatic rings. The normalized spacial score (nSPS) is 19.1. The SMILES string of the molecule is NCCN1CCCC(OC(c2ccccc2)c2ccccc2)C1. The van der Waals surface area contributed by atoms with Gasteiger partial charge in [-0.15, -0.1) is 0 Å². The largest absolute Gasteiger partial charge is 0.364 e. The van der Waals surface area contributed by atoms with Gasteiger partial charge >= 0.3 is 0 Å². The smallest absolute Gasteiger partial charge is 0.108 e. The van der Waals surface area contributed by atoms with E-state index in [1.165, 1.54) is 17.5 Å². The molecule has 0 radical (unpaired) electrons. The number of hydrogen-bond acceptors (Lipinski definition) is 3. The first-order chi connectivity index (χ1) is 11.4. The average Bonchev–Trinajstić information content (AvgIpc) is 2.62. The minimum Gasteiger partial charge on any atom is -0.364 e. The molecule has 2 N–H and O–H groups in total. The van der Waals surface area contributed by atoms with E-state index in [1.54, 1.807) is 0 Å². The molecule has 122 valence electrons. The Balaban J connectivity index is 1.77. The van der Waals surface area contributed by atoms with Crippen LogP contribution in [0.15, 0.2) is 60.7 Å². The Morgan fingerprint density at radius 1 is 1.00 bits per heavy atom. The van der Waals surface area contributed by atoms with E-state index in [0.717, 1.165) is 26.1 Å². The number of hydrogen-bond donors (Lipinski definition) is 1. The zero-order valence-electron chi connectivity index (χ0n) is 13.6. The van der Waals surface area contributed by atoms with Gasteiger partial charge in [-0.2, -0.15) is 0 Å². The highest BCUT2D eigenvalue weighted by Crippen LogP contribution is 2.29. The van der Waals surface area contributed by atoms with Gasteiger partial charge in [0.1, 0.15) is 6.10 Å². The number of benzene rings is 2. The van der Waals surface area contributed by atoms with Crippen LogP contribution in [0.5, 0.6) is 0 Å². The molecule has 2 aromatic carbocycles. The van der Waals surface area contributed by atoms with Crippen molar-refractivity contribution in [2.24, 2.45) is 5.73 Å². The van der Waals surface area contributed by atoms with Crippen molar-refractivity contribution in [1.29, 1.82) is 0 Å². The van der Waals surface area contributed by atoms with Crippen LogP contribution in [-0.2, 0) is 4.74 Å². The Kier molecular flexibility index (Phi) is 5.81. The van der Waals surface area contributed by atoms with E-state index in [1.807, 2.05) is 0 Å². The zero-order valence-corrected chi connectivity index (χ0v) is 13.6. The van der Waals surface area contributed by atoms with Crippen LogP contribution in [-0.4, -0.2) is 37.2 Å². The number of nitrogens with two attached hydrogens (primary N) is 1. The van der Waals surface area contributed by atoms with Crippen LogP contribution >= 0.6 is 0 Å². The van der Waals surface area contributed by atoms with Crippen molar-refractivity contribution in [3.8, 4) is 0 Å². The van der Waals surface area contributed by atoms with Gasteiger partial charge in [0.2, 0.25) is 0 Å². The molecule has 1 aliphatic heterocycles. The first-order valence-electron chi connectivity index (χ1n) is 8.54. The van der Waals surface area contributed by atoms with Crippen molar-refractivity contribution in [3.63, 3.8) is 0 Å². The van der Waals surface area contributed by atoms with E-state index in [4.69, 9.17) is 10.5 Å². The molecule has 1 heterocycles. The summed E-state index contributed by atoms with van der Waals surface area (Å²) in [4.78, 5) is 2.42. The van der Waals surface area contributed by atoms with Crippen LogP contribution in [0.2, 0.25) is 0 Å². The van der Waals surface area contributed by atoms with Gasteiger partial charge in [0.05, 0.1) is 6.10 Å². The number of rotatable bonds is 6. The summed E-state index contributed by atoms with van der Waals surface area (Å²) in [6, 6.07) is 21.0. The van der Waals surface area contributed by atoms with Crippen molar-refractivity contribution in [3.05, 3.63) is 71.8 Å². The summed E-state index contributed by atoms with van der Waals surface area (Å²) in [6.45, 7) is 3.79. The third-order valence-corrected chi connectivity index (χ3v) is 4.44. The first kappa shape index (κ1) is 16.2. The van der Waals surface area contributed by atoms with E-state index in [2.05, 4.69) is 65.6 Å². The highest BCUT2D eigenvalue weighted by Gasteiger charge is 2.24. The third-order valence-electron chi connectivity index (χ3n) is 4.44. The second-order valence-corrected chi connectivity index (χ2v) is 6.19. The topological polar surface area (TPSA) is 38.5 Å². The van der Waals surface area contributed by atoms with Crippen molar-refractivity contribution in [1.82, 2.24) is 4.90 Å². The van der Waals surface area contributed by atoms with Gasteiger partial charge in [-0.1, -0.05) is 60.7 Å². The summed E-state index contributed by atoms with van der Waals surface area (Å²) >= 11 is 0. The minimum absolute atomic E-state index is 0.000210. The molecule has 0 amide bonds. The molecule has 1 saturated heterocycles. The second kappa shape index (κ2) is 8.25. The molecule has 0 aliphatic carbocycles. The standard InChI is InChI=1S/C20H26N2O/c21-13-15-22-14-7-12-19(16-22)23-20(17-8-3-1-4-9-17)18-10-5-2-6-11-18/h1-6,8-11,19-20H,7,12-16,21H2. The van der Waals surface area contributed by atoms with Gasteiger partial charge in [-0.3, -0.25) is 4.90 Å². The van der Waals surface area contributed by atoms with Gasteiger partial charge in [-0.05, 0) is 30.5 Å². The van der Waals surface area contributed by atoms with E-state index in [9.17, 15) is 0 Å². The van der Waals surface area contributed by atoms with E-state index < -0.39 is 0 Å². The molecule has 3 rings (SSSR count). The molecule has 23 heavy (non-hydrogen) atoms. The van der Waals surface area contributed by atoms with Crippen LogP contribution in [0.3, 0.4) is 0 Å². The molecule has 3 heteroatoms. The van der Waals surface area contributed by atoms with Crippen LogP contribution in [0.1, 0.15) is 30.1 Å². The number of nitrogens with zero attached hydrogens (tertiary/aromatic N) is 1. The summed E-state index contributed by atoms with van der Waals surface area (Å²) in [5, 5.41) is 0. The maximum atomic E-state index is 6.56. The molecule has 3 nitrogen and oxygen atoms in total. The summed E-state index contributed by atoms with van der Waals surface area (Å²) in [5.74, 6) is 0. The lowest BCUT2D eigenvalue weighted by atomic mass is 10.0. The Bertz CT molecular complexity index is 531. The highest BCUT2D eigenvalue weighted by atomic mass is 16.5. The maximum absolute atomic E-state index is 6.56. The fourth-order valence-electron chi connectivity index (χ4n) is 3.31. The van der Waals surface area contributed by atoms with Gasteiger partial charge in [0.15, 0.2) is 0 Å². The fourth-order valence-corrected chi connectivity index (χ4v) is 3.31. The molecule has 0 saturated carbocycles. The summed E-state index contributed by atoms with van der Waals surface area (Å²) in [5.41, 5.74) is 8.14. The molecule has 1 atom stereocenters. The van der Waals surface area contributed by atoms with Crippen molar-refractivity contribution in [2.75, 3.05) is 26.2 Å². The highest BCUT2D eigenvalue weighted by molar-refractivity contribution is 5.30. The molecule has 0 spiro atoms. The van der Waals surface area contributed by atoms with Gasteiger partial charge in [0.25, 0.3) is 0 Å². The Morgan fingerprint density at radius 3 is 2.17 bits per heavy atom. The fraction of sp³-hybridized carbons (Fsp3) is 0.400. The zero-order chi connectivity index (χ0) is 15.9. The lowest BCUT2D eigenvalue weighted by Crippen LogP contribution is -2.42. The summed E-state index contributed by atoms with van der Waals surface area (Å²) < 4.78 is 6.56. The lowest BCUT2D eigenvalue weighted by molar-refractivity contribution is -0.0326. The average molecular weight is 310 g/mol. The lowest BCUT2D eigenvalue weighted by Gasteiger charge is -2.34. The molecular weight excluding hydrogens is 284 g/mol. The molecule has 1 unspecified atom stereocenters. The van der Waals surface area contributed by atoms with Crippen molar-refractivity contribution < 1.29 is 4.74 Å². The van der Waals surface area contributed by atoms with Gasteiger partial charge in [-0.25, -0.2) is 0 Å². The first-order valence-corrected chi connectivity index (χ1v) is 8.54. The quantitative estimate of drug-likeness (QED) is 0.890. The minimum atomic E-state index is 0.000210. The van der Waals surface area contributed by atoms with Crippen LogP contribution in [0, 0.1) is 0 Å². The number of likely N-dealkylation sites (tertiary alicyclic amines) is 1. The molecule has 1 fully saturated rings. The molecule has 1 aliphatic rings. The predicted molar refractivity (Wildman–Crippen MR) is 94.3 cm³/mol. The van der Waals surface area contributed by atoms with Crippen LogP contribution in [0.25, 0.3) is 0 Å². The monoisotopic (exact) mass is 310 g/mol. The van der Waals surface area contributed by atoms with Gasteiger partial charge in [0, 0.05) is 19.6 Å². The number of ether oxygens (including phenoxy) is 1. The Labute approximate surface area is 139 Å².